The molecule has 1 aliphatic rings. The molecule has 0 atom stereocenters. The van der Waals surface area contributed by atoms with E-state index in [-0.39, 0.29) is 0 Å². The Kier molecular flexibility index (Phi) is 3.62. The van der Waals surface area contributed by atoms with E-state index >= 15 is 0 Å². The number of ether oxygens (including phenoxy) is 1. The molecule has 0 saturated heterocycles. The van der Waals surface area contributed by atoms with E-state index in [1.165, 1.54) is 12.8 Å². The molecule has 98 valence electrons. The first kappa shape index (κ1) is 12.4. The summed E-state index contributed by atoms with van der Waals surface area (Å²) >= 11 is 6.01. The van der Waals surface area contributed by atoms with Gasteiger partial charge in [0, 0.05) is 30.5 Å². The van der Waals surface area contributed by atoms with E-state index in [9.17, 15) is 0 Å². The Morgan fingerprint density at radius 1 is 1.21 bits per heavy atom. The summed E-state index contributed by atoms with van der Waals surface area (Å²) < 4.78 is 5.53. The van der Waals surface area contributed by atoms with Crippen LogP contribution in [-0.2, 0) is 6.54 Å². The Balaban J connectivity index is 1.63. The molecule has 3 rings (SSSR count). The average Bonchev–Trinajstić information content (AvgIpc) is 3.25. The molecule has 0 amide bonds. The lowest BCUT2D eigenvalue weighted by atomic mass is 10.3. The lowest BCUT2D eigenvalue weighted by Gasteiger charge is -2.06. The lowest BCUT2D eigenvalue weighted by Crippen LogP contribution is -2.15. The average molecular weight is 276 g/mol. The summed E-state index contributed by atoms with van der Waals surface area (Å²) in [6.45, 7) is 0.803. The molecule has 1 saturated carbocycles. The second kappa shape index (κ2) is 5.55. The molecule has 0 aliphatic heterocycles. The molecule has 1 N–H and O–H groups in total. The maximum atomic E-state index is 6.01. The fourth-order valence-corrected chi connectivity index (χ4v) is 1.84. The molecule has 4 nitrogen and oxygen atoms in total. The fraction of sp³-hybridized carbons (Fsp3) is 0.286. The molecule has 1 aliphatic carbocycles. The van der Waals surface area contributed by atoms with Crippen LogP contribution in [0.25, 0.3) is 0 Å². The summed E-state index contributed by atoms with van der Waals surface area (Å²) in [5, 5.41) is 3.96. The Hall–Kier alpha value is -1.65. The summed E-state index contributed by atoms with van der Waals surface area (Å²) in [4.78, 5) is 8.36. The second-order valence-corrected chi connectivity index (χ2v) is 4.97. The van der Waals surface area contributed by atoms with Crippen molar-refractivity contribution in [1.29, 1.82) is 0 Å². The molecule has 0 spiro atoms. The number of nitrogens with one attached hydrogen (secondary N) is 1. The van der Waals surface area contributed by atoms with Crippen molar-refractivity contribution in [2.75, 3.05) is 0 Å². The number of hydrogen-bond acceptors (Lipinski definition) is 4. The predicted molar refractivity (Wildman–Crippen MR) is 73.4 cm³/mol. The molecule has 2 aromatic rings. The Bertz CT molecular complexity index is 555. The molecular formula is C14H14ClN3O. The van der Waals surface area contributed by atoms with Crippen LogP contribution in [-0.4, -0.2) is 16.0 Å². The van der Waals surface area contributed by atoms with Gasteiger partial charge in [-0.05, 0) is 25.0 Å². The third-order valence-electron chi connectivity index (χ3n) is 2.89. The van der Waals surface area contributed by atoms with E-state index in [0.717, 1.165) is 12.1 Å². The molecule has 0 radical (unpaired) electrons. The van der Waals surface area contributed by atoms with Crippen LogP contribution in [0.4, 0.5) is 0 Å². The largest absolute Gasteiger partial charge is 0.423 e. The summed E-state index contributed by atoms with van der Waals surface area (Å²) in [7, 11) is 0. The first-order chi connectivity index (χ1) is 9.31. The minimum absolute atomic E-state index is 0.309. The van der Waals surface area contributed by atoms with Crippen molar-refractivity contribution in [2.24, 2.45) is 0 Å². The van der Waals surface area contributed by atoms with Crippen molar-refractivity contribution < 1.29 is 4.74 Å². The van der Waals surface area contributed by atoms with Crippen LogP contribution in [0.5, 0.6) is 11.8 Å². The summed E-state index contributed by atoms with van der Waals surface area (Å²) in [5.41, 5.74) is 1.05. The van der Waals surface area contributed by atoms with Gasteiger partial charge in [0.1, 0.15) is 5.75 Å². The highest BCUT2D eigenvalue weighted by Crippen LogP contribution is 2.26. The van der Waals surface area contributed by atoms with Gasteiger partial charge < -0.3 is 10.1 Å². The van der Waals surface area contributed by atoms with Crippen LogP contribution >= 0.6 is 11.6 Å². The van der Waals surface area contributed by atoms with E-state index < -0.39 is 0 Å². The summed E-state index contributed by atoms with van der Waals surface area (Å²) in [6.07, 6.45) is 6.09. The zero-order valence-electron chi connectivity index (χ0n) is 10.3. The van der Waals surface area contributed by atoms with Crippen molar-refractivity contribution in [3.8, 4) is 11.8 Å². The first-order valence-corrected chi connectivity index (χ1v) is 6.66. The second-order valence-electron chi connectivity index (χ2n) is 4.56. The van der Waals surface area contributed by atoms with E-state index in [1.807, 2.05) is 12.1 Å². The zero-order chi connectivity index (χ0) is 13.1. The molecule has 5 heteroatoms. The number of benzene rings is 1. The van der Waals surface area contributed by atoms with Gasteiger partial charge in [-0.15, -0.1) is 0 Å². The quantitative estimate of drug-likeness (QED) is 0.910. The molecule has 0 bridgehead atoms. The van der Waals surface area contributed by atoms with Crippen molar-refractivity contribution in [3.63, 3.8) is 0 Å². The van der Waals surface area contributed by atoms with Crippen LogP contribution in [0.1, 0.15) is 18.4 Å². The third kappa shape index (κ3) is 3.43. The Morgan fingerprint density at radius 3 is 2.63 bits per heavy atom. The fourth-order valence-electron chi connectivity index (χ4n) is 1.66. The predicted octanol–water partition coefficient (Wildman–Crippen LogP) is 3.17. The molecular weight excluding hydrogens is 262 g/mol. The molecule has 1 fully saturated rings. The van der Waals surface area contributed by atoms with Crippen LogP contribution < -0.4 is 10.1 Å². The summed E-state index contributed by atoms with van der Waals surface area (Å²) in [5.74, 6) is 0.563. The van der Waals surface area contributed by atoms with E-state index in [4.69, 9.17) is 16.3 Å². The van der Waals surface area contributed by atoms with Crippen LogP contribution in [0.3, 0.4) is 0 Å². The van der Waals surface area contributed by atoms with Crippen LogP contribution in [0, 0.1) is 0 Å². The van der Waals surface area contributed by atoms with Crippen molar-refractivity contribution >= 4 is 11.6 Å². The number of hydrogen-bond donors (Lipinski definition) is 1. The number of rotatable bonds is 5. The maximum absolute atomic E-state index is 6.01. The minimum Gasteiger partial charge on any atom is -0.423 e. The lowest BCUT2D eigenvalue weighted by molar-refractivity contribution is 0.441. The van der Waals surface area contributed by atoms with Gasteiger partial charge in [-0.2, -0.15) is 0 Å². The molecule has 1 aromatic heterocycles. The van der Waals surface area contributed by atoms with Gasteiger partial charge in [0.15, 0.2) is 0 Å². The maximum Gasteiger partial charge on any atom is 0.321 e. The van der Waals surface area contributed by atoms with Crippen molar-refractivity contribution in [2.45, 2.75) is 25.4 Å². The molecule has 0 unspecified atom stereocenters. The van der Waals surface area contributed by atoms with E-state index in [1.54, 1.807) is 24.5 Å². The topological polar surface area (TPSA) is 47.0 Å². The first-order valence-electron chi connectivity index (χ1n) is 6.28. The molecule has 1 aromatic carbocycles. The van der Waals surface area contributed by atoms with Gasteiger partial charge in [0.2, 0.25) is 0 Å². The Morgan fingerprint density at radius 2 is 1.95 bits per heavy atom. The standard InChI is InChI=1S/C14H14ClN3O/c15-12-3-1-2-4-13(12)19-14-17-8-10(9-18-14)7-16-11-5-6-11/h1-4,8-9,11,16H,5-7H2. The number of aromatic nitrogens is 2. The van der Waals surface area contributed by atoms with Crippen LogP contribution in [0.15, 0.2) is 36.7 Å². The van der Waals surface area contributed by atoms with Gasteiger partial charge in [-0.1, -0.05) is 23.7 Å². The van der Waals surface area contributed by atoms with Gasteiger partial charge in [-0.25, -0.2) is 9.97 Å². The molecule has 19 heavy (non-hydrogen) atoms. The van der Waals surface area contributed by atoms with Crippen molar-refractivity contribution in [1.82, 2.24) is 15.3 Å². The Labute approximate surface area is 116 Å². The minimum atomic E-state index is 0.309. The van der Waals surface area contributed by atoms with Gasteiger partial charge >= 0.3 is 6.01 Å². The summed E-state index contributed by atoms with van der Waals surface area (Å²) in [6, 6.07) is 8.25. The highest BCUT2D eigenvalue weighted by atomic mass is 35.5. The molecule has 1 heterocycles. The number of nitrogens with zero attached hydrogens (tertiary/aromatic N) is 2. The smallest absolute Gasteiger partial charge is 0.321 e. The van der Waals surface area contributed by atoms with E-state index in [0.29, 0.717) is 22.8 Å². The van der Waals surface area contributed by atoms with E-state index in [2.05, 4.69) is 15.3 Å². The van der Waals surface area contributed by atoms with Crippen LogP contribution in [0.2, 0.25) is 5.02 Å². The monoisotopic (exact) mass is 275 g/mol. The zero-order valence-corrected chi connectivity index (χ0v) is 11.1. The van der Waals surface area contributed by atoms with Gasteiger partial charge in [0.25, 0.3) is 0 Å². The van der Waals surface area contributed by atoms with Crippen molar-refractivity contribution in [3.05, 3.63) is 47.2 Å². The SMILES string of the molecule is Clc1ccccc1Oc1ncc(CNC2CC2)cn1. The van der Waals surface area contributed by atoms with Gasteiger partial charge in [0.05, 0.1) is 5.02 Å². The number of halogens is 1. The number of para-hydroxylation sites is 1. The highest BCUT2D eigenvalue weighted by molar-refractivity contribution is 6.32. The third-order valence-corrected chi connectivity index (χ3v) is 3.20. The van der Waals surface area contributed by atoms with Gasteiger partial charge in [-0.3, -0.25) is 0 Å². The highest BCUT2D eigenvalue weighted by Gasteiger charge is 2.19. The normalized spacial score (nSPS) is 14.4.